The lowest BCUT2D eigenvalue weighted by Crippen LogP contribution is -2.53. The van der Waals surface area contributed by atoms with Gasteiger partial charge in [-0.05, 0) is 86.9 Å². The number of carbonyl (C=O) groups is 4. The van der Waals surface area contributed by atoms with Crippen molar-refractivity contribution in [2.45, 2.75) is 94.7 Å². The van der Waals surface area contributed by atoms with Crippen LogP contribution in [0.5, 0.6) is 5.75 Å². The molecule has 3 aromatic rings. The number of imide groups is 1. The second-order valence-electron chi connectivity index (χ2n) is 14.6. The second kappa shape index (κ2) is 14.4. The number of anilines is 1. The van der Waals surface area contributed by atoms with Crippen molar-refractivity contribution in [3.05, 3.63) is 81.3 Å². The summed E-state index contributed by atoms with van der Waals surface area (Å²) in [6.45, 7) is 1.98. The molecule has 1 aromatic heterocycles. The number of benzene rings is 2. The Hall–Kier alpha value is -5.13. The fourth-order valence-corrected chi connectivity index (χ4v) is 8.73. The number of fused-ring (bicyclic) bond motifs is 3. The lowest BCUT2D eigenvalue weighted by molar-refractivity contribution is -0.136. The van der Waals surface area contributed by atoms with Gasteiger partial charge in [-0.2, -0.15) is 5.26 Å². The number of carbonyl (C=O) groups excluding carboxylic acids is 4. The van der Waals surface area contributed by atoms with Gasteiger partial charge in [-0.1, -0.05) is 11.6 Å². The van der Waals surface area contributed by atoms with Crippen LogP contribution in [-0.4, -0.2) is 87.0 Å². The zero-order valence-corrected chi connectivity index (χ0v) is 29.6. The Kier molecular flexibility index (Phi) is 9.46. The lowest BCUT2D eigenvalue weighted by atomic mass is 9.93. The van der Waals surface area contributed by atoms with Crippen molar-refractivity contribution in [1.82, 2.24) is 30.6 Å². The van der Waals surface area contributed by atoms with E-state index in [1.165, 1.54) is 11.0 Å². The molecule has 8 rings (SSSR count). The smallest absolute Gasteiger partial charge is 0.272 e. The average molecular weight is 741 g/mol. The molecule has 5 aliphatic rings. The Morgan fingerprint density at radius 2 is 1.77 bits per heavy atom. The van der Waals surface area contributed by atoms with E-state index < -0.39 is 23.7 Å². The number of aromatic nitrogens is 2. The monoisotopic (exact) mass is 740 g/mol. The van der Waals surface area contributed by atoms with Gasteiger partial charge < -0.3 is 19.9 Å². The second-order valence-corrected chi connectivity index (χ2v) is 15.0. The van der Waals surface area contributed by atoms with Crippen molar-refractivity contribution in [1.29, 1.82) is 5.26 Å². The third kappa shape index (κ3) is 7.03. The van der Waals surface area contributed by atoms with Crippen LogP contribution in [0.15, 0.2) is 42.5 Å². The first-order valence-electron chi connectivity index (χ1n) is 18.1. The van der Waals surface area contributed by atoms with Crippen LogP contribution < -0.4 is 20.3 Å². The number of piperidine rings is 1. The molecular weight excluding hydrogens is 703 g/mol. The molecule has 5 heterocycles. The summed E-state index contributed by atoms with van der Waals surface area (Å²) in [7, 11) is 0. The van der Waals surface area contributed by atoms with E-state index in [-0.39, 0.29) is 66.7 Å². The van der Waals surface area contributed by atoms with E-state index in [9.17, 15) is 19.2 Å². The minimum atomic E-state index is -0.746. The zero-order chi connectivity index (χ0) is 36.8. The summed E-state index contributed by atoms with van der Waals surface area (Å²) < 4.78 is 21.5. The first-order valence-corrected chi connectivity index (χ1v) is 18.5. The number of halogens is 2. The van der Waals surface area contributed by atoms with Gasteiger partial charge in [0.05, 0.1) is 16.7 Å². The lowest BCUT2D eigenvalue weighted by Gasteiger charge is -2.41. The molecule has 2 bridgehead atoms. The van der Waals surface area contributed by atoms with E-state index in [2.05, 4.69) is 30.6 Å². The van der Waals surface area contributed by atoms with Gasteiger partial charge in [-0.25, -0.2) is 4.39 Å². The van der Waals surface area contributed by atoms with Crippen LogP contribution in [0.4, 0.5) is 10.2 Å². The summed E-state index contributed by atoms with van der Waals surface area (Å²) >= 11 is 6.14. The number of nitrogens with zero attached hydrogens (tertiary/aromatic N) is 6. The summed E-state index contributed by atoms with van der Waals surface area (Å²) in [6, 6.07) is 13.2. The number of likely N-dealkylation sites (tertiary alicyclic amines) is 1. The molecule has 1 saturated carbocycles. The highest BCUT2D eigenvalue weighted by Crippen LogP contribution is 2.36. The maximum Gasteiger partial charge on any atom is 0.272 e. The number of nitriles is 1. The van der Waals surface area contributed by atoms with Gasteiger partial charge in [0.25, 0.3) is 11.8 Å². The number of hydrogen-bond donors (Lipinski definition) is 2. The summed E-state index contributed by atoms with van der Waals surface area (Å²) in [4.78, 5) is 56.1. The highest BCUT2D eigenvalue weighted by molar-refractivity contribution is 6.31. The van der Waals surface area contributed by atoms with E-state index in [1.54, 1.807) is 30.3 Å². The van der Waals surface area contributed by atoms with Crippen LogP contribution >= 0.6 is 11.6 Å². The van der Waals surface area contributed by atoms with Gasteiger partial charge in [0.1, 0.15) is 23.7 Å². The van der Waals surface area contributed by atoms with Crippen molar-refractivity contribution in [2.24, 2.45) is 0 Å². The predicted octanol–water partition coefficient (Wildman–Crippen LogP) is 3.87. The summed E-state index contributed by atoms with van der Waals surface area (Å²) in [5.41, 5.74) is 2.11. The van der Waals surface area contributed by atoms with Gasteiger partial charge in [0.2, 0.25) is 11.8 Å². The molecule has 53 heavy (non-hydrogen) atoms. The van der Waals surface area contributed by atoms with Gasteiger partial charge in [0.15, 0.2) is 11.5 Å². The van der Waals surface area contributed by atoms with E-state index >= 15 is 4.39 Å². The highest BCUT2D eigenvalue weighted by atomic mass is 35.5. The SMILES string of the molecule is N#Cc1ccc(OC2CCC(NC(=O)c3ccc(N4C5CCC4CN(Cc4cc6c(cc4F)C(=O)N(C4CCC(=O)NC4=O)C6)C5)nn3)CC2)cc1Cl. The third-order valence-electron chi connectivity index (χ3n) is 11.2. The van der Waals surface area contributed by atoms with Crippen LogP contribution in [0, 0.1) is 17.1 Å². The standard InChI is InChI=1S/C38H38ClFN8O5/c39-30-14-28(6-1-21(30)16-41)53-27-7-2-24(3-8-27)42-36(50)32-9-11-34(45-44-32)48-25-4-5-26(48)20-46(19-25)17-23-13-22-18-47(38(52)29(22)15-31(23)40)33-10-12-35(49)43-37(33)51/h1,6,9,11,13-15,24-27,33H,2-5,7-8,10,12,17-20H2,(H,42,50)(H,43,49,51). The summed E-state index contributed by atoms with van der Waals surface area (Å²) in [5, 5.41) is 23.6. The topological polar surface area (TPSA) is 161 Å². The van der Waals surface area contributed by atoms with Gasteiger partial charge in [0, 0.05) is 67.9 Å². The third-order valence-corrected chi connectivity index (χ3v) is 11.5. The fourth-order valence-electron chi connectivity index (χ4n) is 8.52. The first kappa shape index (κ1) is 34.9. The molecule has 15 heteroatoms. The molecular formula is C38H38ClFN8O5. The molecule has 4 fully saturated rings. The molecule has 274 valence electrons. The van der Waals surface area contributed by atoms with Crippen molar-refractivity contribution >= 4 is 41.0 Å². The van der Waals surface area contributed by atoms with Crippen LogP contribution in [0.25, 0.3) is 0 Å². The molecule has 13 nitrogen and oxygen atoms in total. The predicted molar refractivity (Wildman–Crippen MR) is 189 cm³/mol. The zero-order valence-electron chi connectivity index (χ0n) is 28.9. The maximum atomic E-state index is 15.4. The number of nitrogens with one attached hydrogen (secondary N) is 2. The normalized spacial score (nSPS) is 25.5. The number of rotatable bonds is 8. The fraction of sp³-hybridized carbons (Fsp3) is 0.447. The van der Waals surface area contributed by atoms with Crippen LogP contribution in [-0.2, 0) is 22.7 Å². The average Bonchev–Trinajstić information content (AvgIpc) is 3.60. The van der Waals surface area contributed by atoms with E-state index in [0.717, 1.165) is 38.5 Å². The Labute approximate surface area is 310 Å². The van der Waals surface area contributed by atoms with Crippen molar-refractivity contribution in [2.75, 3.05) is 18.0 Å². The Morgan fingerprint density at radius 3 is 2.45 bits per heavy atom. The van der Waals surface area contributed by atoms with E-state index in [4.69, 9.17) is 21.6 Å². The van der Waals surface area contributed by atoms with E-state index in [1.807, 2.05) is 12.1 Å². The first-order chi connectivity index (χ1) is 25.6. The molecule has 2 N–H and O–H groups in total. The largest absolute Gasteiger partial charge is 0.490 e. The number of amides is 4. The molecule has 4 amide bonds. The Bertz CT molecular complexity index is 2000. The molecule has 0 spiro atoms. The van der Waals surface area contributed by atoms with Crippen molar-refractivity contribution < 1.29 is 28.3 Å². The van der Waals surface area contributed by atoms with Crippen LogP contribution in [0.1, 0.15) is 88.9 Å². The highest BCUT2D eigenvalue weighted by Gasteiger charge is 2.42. The Balaban J connectivity index is 0.837. The number of hydrogen-bond acceptors (Lipinski definition) is 10. The summed E-state index contributed by atoms with van der Waals surface area (Å²) in [6.07, 6.45) is 5.38. The number of ether oxygens (including phenoxy) is 1. The summed E-state index contributed by atoms with van der Waals surface area (Å²) in [5.74, 6) is -0.615. The molecule has 3 unspecified atom stereocenters. The van der Waals surface area contributed by atoms with Crippen molar-refractivity contribution in [3.63, 3.8) is 0 Å². The number of piperazine rings is 1. The molecule has 3 saturated heterocycles. The van der Waals surface area contributed by atoms with Crippen LogP contribution in [0.2, 0.25) is 5.02 Å². The molecule has 2 aromatic carbocycles. The minimum Gasteiger partial charge on any atom is -0.490 e. The van der Waals surface area contributed by atoms with Crippen molar-refractivity contribution in [3.8, 4) is 11.8 Å². The van der Waals surface area contributed by atoms with Gasteiger partial charge in [-0.3, -0.25) is 29.4 Å². The van der Waals surface area contributed by atoms with E-state index in [0.29, 0.717) is 52.9 Å². The van der Waals surface area contributed by atoms with Gasteiger partial charge in [-0.15, -0.1) is 10.2 Å². The Morgan fingerprint density at radius 1 is 1.00 bits per heavy atom. The molecule has 4 aliphatic heterocycles. The molecule has 3 atom stereocenters. The quantitative estimate of drug-likeness (QED) is 0.325. The van der Waals surface area contributed by atoms with Crippen LogP contribution in [0.3, 0.4) is 0 Å². The minimum absolute atomic E-state index is 0.00186. The molecule has 1 aliphatic carbocycles. The maximum absolute atomic E-state index is 15.4. The molecule has 0 radical (unpaired) electrons. The van der Waals surface area contributed by atoms with Gasteiger partial charge >= 0.3 is 0 Å².